The van der Waals surface area contributed by atoms with Crippen molar-refractivity contribution in [2.24, 2.45) is 5.92 Å². The van der Waals surface area contributed by atoms with E-state index < -0.39 is 18.6 Å². The lowest BCUT2D eigenvalue weighted by Gasteiger charge is -2.16. The molecule has 3 rings (SSSR count). The molecule has 0 radical (unpaired) electrons. The predicted octanol–water partition coefficient (Wildman–Crippen LogP) is 3.75. The van der Waals surface area contributed by atoms with Gasteiger partial charge in [-0.15, -0.1) is 11.3 Å². The summed E-state index contributed by atoms with van der Waals surface area (Å²) in [4.78, 5) is 18.1. The number of carbonyl (C=O) groups excluding carboxylic acids is 1. The van der Waals surface area contributed by atoms with E-state index in [0.717, 1.165) is 28.0 Å². The summed E-state index contributed by atoms with van der Waals surface area (Å²) in [5.41, 5.74) is 5.13. The Bertz CT molecular complexity index is 1130. The van der Waals surface area contributed by atoms with Crippen molar-refractivity contribution in [3.63, 3.8) is 0 Å². The fourth-order valence-electron chi connectivity index (χ4n) is 3.87. The van der Waals surface area contributed by atoms with Crippen molar-refractivity contribution < 1.29 is 24.3 Å². The van der Waals surface area contributed by atoms with Crippen molar-refractivity contribution in [3.8, 4) is 27.9 Å². The zero-order valence-electron chi connectivity index (χ0n) is 20.6. The summed E-state index contributed by atoms with van der Waals surface area (Å²) in [6.07, 6.45) is 0.129. The lowest BCUT2D eigenvalue weighted by atomic mass is 9.99. The van der Waals surface area contributed by atoms with Crippen LogP contribution in [0.25, 0.3) is 22.2 Å². The van der Waals surface area contributed by atoms with Crippen LogP contribution in [0.15, 0.2) is 16.7 Å². The normalized spacial score (nSPS) is 12.3. The first-order chi connectivity index (χ1) is 16.1. The molecule has 184 valence electrons. The van der Waals surface area contributed by atoms with Crippen molar-refractivity contribution in [3.05, 3.63) is 39.3 Å². The van der Waals surface area contributed by atoms with Crippen LogP contribution >= 0.6 is 11.3 Å². The predicted molar refractivity (Wildman–Crippen MR) is 132 cm³/mol. The van der Waals surface area contributed by atoms with Gasteiger partial charge >= 0.3 is 0 Å². The average molecular weight is 488 g/mol. The van der Waals surface area contributed by atoms with Gasteiger partial charge in [0.05, 0.1) is 4.88 Å². The number of carbonyl (C=O) groups is 1. The van der Waals surface area contributed by atoms with Crippen LogP contribution in [0.1, 0.15) is 41.0 Å². The van der Waals surface area contributed by atoms with Crippen LogP contribution < -0.4 is 10.1 Å². The second kappa shape index (κ2) is 11.1. The number of rotatable bonds is 10. The van der Waals surface area contributed by atoms with Crippen molar-refractivity contribution in [2.75, 3.05) is 19.8 Å². The first-order valence-corrected chi connectivity index (χ1v) is 12.1. The van der Waals surface area contributed by atoms with Gasteiger partial charge in [0.1, 0.15) is 25.1 Å². The third-order valence-electron chi connectivity index (χ3n) is 5.52. The number of hydrogen-bond donors (Lipinski definition) is 3. The summed E-state index contributed by atoms with van der Waals surface area (Å²) < 4.78 is 11.4. The smallest absolute Gasteiger partial charge is 0.268 e. The third kappa shape index (κ3) is 6.02. The molecule has 0 fully saturated rings. The molecule has 0 saturated heterocycles. The Balaban J connectivity index is 1.76. The van der Waals surface area contributed by atoms with Crippen LogP contribution in [0.3, 0.4) is 0 Å². The molecule has 0 spiro atoms. The number of ether oxygens (including phenoxy) is 1. The van der Waals surface area contributed by atoms with Gasteiger partial charge in [-0.25, -0.2) is 0 Å². The Labute approximate surface area is 204 Å². The summed E-state index contributed by atoms with van der Waals surface area (Å²) in [5.74, 6) is 1.72. The van der Waals surface area contributed by atoms with Crippen molar-refractivity contribution >= 4 is 17.2 Å². The minimum absolute atomic E-state index is 0.00169. The van der Waals surface area contributed by atoms with Gasteiger partial charge in [0.15, 0.2) is 0 Å². The van der Waals surface area contributed by atoms with E-state index in [1.165, 1.54) is 16.0 Å². The standard InChI is InChI=1S/C25H33N3O5S/c1-13(2)7-20-16(5)23(34-17(20)6)25-27-24(28-33-25)18-8-14(3)22(15(4)9-18)32-12-19(30)10-26-21(31)11-29/h8-9,13,19,29-30H,7,10-12H2,1-6H3,(H,26,31). The fourth-order valence-corrected chi connectivity index (χ4v) is 4.98. The van der Waals surface area contributed by atoms with Crippen LogP contribution in [0.2, 0.25) is 0 Å². The molecule has 1 atom stereocenters. The molecule has 0 bridgehead atoms. The average Bonchev–Trinajstić information content (AvgIpc) is 3.37. The molecular formula is C25H33N3O5S. The lowest BCUT2D eigenvalue weighted by Crippen LogP contribution is -2.36. The SMILES string of the molecule is Cc1cc(-c2noc(-c3sc(C)c(CC(C)C)c3C)n2)cc(C)c1OCC(O)CNC(=O)CO. The molecule has 3 aromatic rings. The van der Waals surface area contributed by atoms with Crippen LogP contribution in [0.5, 0.6) is 5.75 Å². The van der Waals surface area contributed by atoms with E-state index >= 15 is 0 Å². The summed E-state index contributed by atoms with van der Waals surface area (Å²) in [7, 11) is 0. The number of nitrogens with one attached hydrogen (secondary N) is 1. The Hall–Kier alpha value is -2.75. The molecule has 3 N–H and O–H groups in total. The van der Waals surface area contributed by atoms with Gasteiger partial charge in [-0.3, -0.25) is 4.79 Å². The van der Waals surface area contributed by atoms with Gasteiger partial charge in [0.25, 0.3) is 5.89 Å². The summed E-state index contributed by atoms with van der Waals surface area (Å²) in [5, 5.41) is 25.4. The number of amides is 1. The van der Waals surface area contributed by atoms with Gasteiger partial charge in [-0.1, -0.05) is 19.0 Å². The number of aromatic nitrogens is 2. The summed E-state index contributed by atoms with van der Waals surface area (Å²) in [6, 6.07) is 3.85. The van der Waals surface area contributed by atoms with Gasteiger partial charge in [-0.05, 0) is 74.4 Å². The van der Waals surface area contributed by atoms with E-state index in [0.29, 0.717) is 23.4 Å². The largest absolute Gasteiger partial charge is 0.490 e. The highest BCUT2D eigenvalue weighted by molar-refractivity contribution is 7.15. The van der Waals surface area contributed by atoms with Crippen LogP contribution in [-0.2, 0) is 11.2 Å². The molecule has 9 heteroatoms. The highest BCUT2D eigenvalue weighted by atomic mass is 32.1. The maximum absolute atomic E-state index is 11.1. The molecule has 34 heavy (non-hydrogen) atoms. The van der Waals surface area contributed by atoms with Crippen molar-refractivity contribution in [2.45, 2.75) is 54.1 Å². The third-order valence-corrected chi connectivity index (χ3v) is 6.76. The number of thiophene rings is 1. The zero-order chi connectivity index (χ0) is 25.0. The molecule has 2 heterocycles. The molecular weight excluding hydrogens is 454 g/mol. The van der Waals surface area contributed by atoms with Gasteiger partial charge in [0.2, 0.25) is 11.7 Å². The fraction of sp³-hybridized carbons (Fsp3) is 0.480. The maximum Gasteiger partial charge on any atom is 0.268 e. The first-order valence-electron chi connectivity index (χ1n) is 11.3. The van der Waals surface area contributed by atoms with Gasteiger partial charge in [-0.2, -0.15) is 4.98 Å². The molecule has 0 aliphatic rings. The highest BCUT2D eigenvalue weighted by Gasteiger charge is 2.20. The Morgan fingerprint density at radius 1 is 1.21 bits per heavy atom. The van der Waals surface area contributed by atoms with Gasteiger partial charge < -0.3 is 24.8 Å². The summed E-state index contributed by atoms with van der Waals surface area (Å²) in [6.45, 7) is 11.9. The van der Waals surface area contributed by atoms with Crippen molar-refractivity contribution in [1.29, 1.82) is 0 Å². The molecule has 1 amide bonds. The number of hydrogen-bond acceptors (Lipinski definition) is 8. The number of nitrogens with zero attached hydrogens (tertiary/aromatic N) is 2. The molecule has 0 aliphatic carbocycles. The molecule has 0 saturated carbocycles. The maximum atomic E-state index is 11.1. The monoisotopic (exact) mass is 487 g/mol. The minimum Gasteiger partial charge on any atom is -0.490 e. The van der Waals surface area contributed by atoms with Gasteiger partial charge in [0, 0.05) is 17.0 Å². The van der Waals surface area contributed by atoms with E-state index in [4.69, 9.17) is 14.4 Å². The second-order valence-corrected chi connectivity index (χ2v) is 10.2. The molecule has 8 nitrogen and oxygen atoms in total. The second-order valence-electron chi connectivity index (χ2n) is 8.98. The number of aliphatic hydroxyl groups is 2. The van der Waals surface area contributed by atoms with Crippen LogP contribution in [-0.4, -0.2) is 52.1 Å². The zero-order valence-corrected chi connectivity index (χ0v) is 21.4. The van der Waals surface area contributed by atoms with E-state index in [1.54, 1.807) is 11.3 Å². The van der Waals surface area contributed by atoms with Crippen LogP contribution in [0.4, 0.5) is 0 Å². The first kappa shape index (κ1) is 25.9. The summed E-state index contributed by atoms with van der Waals surface area (Å²) >= 11 is 1.69. The van der Waals surface area contributed by atoms with E-state index in [9.17, 15) is 9.90 Å². The Morgan fingerprint density at radius 2 is 1.88 bits per heavy atom. The number of aliphatic hydroxyl groups excluding tert-OH is 2. The number of aryl methyl sites for hydroxylation is 3. The Morgan fingerprint density at radius 3 is 2.50 bits per heavy atom. The van der Waals surface area contributed by atoms with Crippen molar-refractivity contribution in [1.82, 2.24) is 15.5 Å². The van der Waals surface area contributed by atoms with E-state index in [-0.39, 0.29) is 13.2 Å². The Kier molecular flexibility index (Phi) is 8.46. The number of benzene rings is 1. The minimum atomic E-state index is -0.896. The molecule has 0 aliphatic heterocycles. The molecule has 1 aromatic carbocycles. The quantitative estimate of drug-likeness (QED) is 0.399. The lowest BCUT2D eigenvalue weighted by molar-refractivity contribution is -0.124. The molecule has 1 unspecified atom stereocenters. The van der Waals surface area contributed by atoms with E-state index in [2.05, 4.69) is 43.2 Å². The van der Waals surface area contributed by atoms with Crippen LogP contribution in [0, 0.1) is 33.6 Å². The molecule has 2 aromatic heterocycles. The van der Waals surface area contributed by atoms with E-state index in [1.807, 2.05) is 26.0 Å². The highest BCUT2D eigenvalue weighted by Crippen LogP contribution is 2.37. The topological polar surface area (TPSA) is 118 Å².